The van der Waals surface area contributed by atoms with Crippen molar-refractivity contribution in [3.05, 3.63) is 56.8 Å². The van der Waals surface area contributed by atoms with E-state index in [9.17, 15) is 4.79 Å². The summed E-state index contributed by atoms with van der Waals surface area (Å²) in [6.45, 7) is 1.94. The zero-order valence-corrected chi connectivity index (χ0v) is 13.1. The highest BCUT2D eigenvalue weighted by Gasteiger charge is 2.10. The fourth-order valence-corrected chi connectivity index (χ4v) is 3.11. The van der Waals surface area contributed by atoms with Gasteiger partial charge >= 0.3 is 0 Å². The maximum Gasteiger partial charge on any atom is 0.256 e. The number of aryl methyl sites for hydroxylation is 1. The third-order valence-corrected chi connectivity index (χ3v) is 4.44. The molecule has 2 heterocycles. The normalized spacial score (nSPS) is 10.7. The minimum absolute atomic E-state index is 0.122. The molecule has 2 aromatic heterocycles. The molecule has 5 heteroatoms. The van der Waals surface area contributed by atoms with Gasteiger partial charge in [-0.2, -0.15) is 0 Å². The number of benzene rings is 1. The number of halogens is 1. The van der Waals surface area contributed by atoms with Crippen molar-refractivity contribution in [1.29, 1.82) is 0 Å². The smallest absolute Gasteiger partial charge is 0.256 e. The highest BCUT2D eigenvalue weighted by molar-refractivity contribution is 9.11. The van der Waals surface area contributed by atoms with Gasteiger partial charge in [-0.3, -0.25) is 9.78 Å². The first-order valence-corrected chi connectivity index (χ1v) is 7.72. The van der Waals surface area contributed by atoms with E-state index in [1.54, 1.807) is 0 Å². The van der Waals surface area contributed by atoms with Crippen LogP contribution in [0.1, 0.15) is 16.1 Å². The molecule has 0 bridgehead atoms. The first-order valence-electron chi connectivity index (χ1n) is 6.05. The Labute approximate surface area is 128 Å². The zero-order valence-electron chi connectivity index (χ0n) is 10.7. The van der Waals surface area contributed by atoms with Crippen LogP contribution in [0.15, 0.2) is 45.6 Å². The topological polar surface area (TPSA) is 42.0 Å². The van der Waals surface area contributed by atoms with Crippen molar-refractivity contribution in [2.45, 2.75) is 6.92 Å². The quantitative estimate of drug-likeness (QED) is 0.735. The second-order valence-corrected chi connectivity index (χ2v) is 6.71. The standard InChI is InChI=1S/C15H11BrN2OS/c1-9-5-6-10-3-2-4-12(14(10)17-9)18-15(19)11-7-13(16)20-8-11/h2-8H,1H3,(H,18,19). The van der Waals surface area contributed by atoms with E-state index in [0.717, 1.165) is 26.1 Å². The van der Waals surface area contributed by atoms with Crippen LogP contribution in [0.3, 0.4) is 0 Å². The van der Waals surface area contributed by atoms with Crippen LogP contribution >= 0.6 is 27.3 Å². The Hall–Kier alpha value is -1.72. The van der Waals surface area contributed by atoms with Gasteiger partial charge in [0.05, 0.1) is 20.6 Å². The van der Waals surface area contributed by atoms with Crippen LogP contribution < -0.4 is 5.32 Å². The number of amides is 1. The van der Waals surface area contributed by atoms with Crippen molar-refractivity contribution < 1.29 is 4.79 Å². The van der Waals surface area contributed by atoms with Gasteiger partial charge in [0.1, 0.15) is 0 Å². The number of thiophene rings is 1. The van der Waals surface area contributed by atoms with Gasteiger partial charge < -0.3 is 5.32 Å². The number of rotatable bonds is 2. The molecule has 3 aromatic rings. The van der Waals surface area contributed by atoms with Crippen molar-refractivity contribution in [2.75, 3.05) is 5.32 Å². The number of carbonyl (C=O) groups excluding carboxylic acids is 1. The number of nitrogens with one attached hydrogen (secondary N) is 1. The molecular weight excluding hydrogens is 336 g/mol. The number of hydrogen-bond donors (Lipinski definition) is 1. The number of anilines is 1. The average Bonchev–Trinajstić information content (AvgIpc) is 2.86. The molecule has 0 saturated heterocycles. The van der Waals surface area contributed by atoms with Crippen LogP contribution in [-0.2, 0) is 0 Å². The van der Waals surface area contributed by atoms with Gasteiger partial charge in [-0.1, -0.05) is 18.2 Å². The average molecular weight is 347 g/mol. The molecular formula is C15H11BrN2OS. The Balaban J connectivity index is 1.98. The molecule has 0 fully saturated rings. The lowest BCUT2D eigenvalue weighted by atomic mass is 10.1. The Bertz CT molecular complexity index is 797. The number of aromatic nitrogens is 1. The van der Waals surface area contributed by atoms with E-state index < -0.39 is 0 Å². The maximum absolute atomic E-state index is 12.2. The summed E-state index contributed by atoms with van der Waals surface area (Å²) in [5, 5.41) is 5.76. The van der Waals surface area contributed by atoms with Crippen molar-refractivity contribution in [3.8, 4) is 0 Å². The molecule has 3 rings (SSSR count). The molecule has 0 aliphatic heterocycles. The highest BCUT2D eigenvalue weighted by atomic mass is 79.9. The second kappa shape index (κ2) is 5.34. The third-order valence-electron chi connectivity index (χ3n) is 2.94. The van der Waals surface area contributed by atoms with Crippen molar-refractivity contribution in [3.63, 3.8) is 0 Å². The summed E-state index contributed by atoms with van der Waals surface area (Å²) in [7, 11) is 0. The number of fused-ring (bicyclic) bond motifs is 1. The number of pyridine rings is 1. The summed E-state index contributed by atoms with van der Waals surface area (Å²) in [6.07, 6.45) is 0. The molecule has 3 nitrogen and oxygen atoms in total. The van der Waals surface area contributed by atoms with Gasteiger partial charge in [0.25, 0.3) is 5.91 Å². The van der Waals surface area contributed by atoms with E-state index in [-0.39, 0.29) is 5.91 Å². The molecule has 0 spiro atoms. The van der Waals surface area contributed by atoms with Crippen LogP contribution in [-0.4, -0.2) is 10.9 Å². The third kappa shape index (κ3) is 2.59. The molecule has 20 heavy (non-hydrogen) atoms. The largest absolute Gasteiger partial charge is 0.320 e. The molecule has 100 valence electrons. The molecule has 1 amide bonds. The van der Waals surface area contributed by atoms with E-state index in [4.69, 9.17) is 0 Å². The predicted molar refractivity (Wildman–Crippen MR) is 86.5 cm³/mol. The van der Waals surface area contributed by atoms with Gasteiger partial charge in [-0.15, -0.1) is 11.3 Å². The van der Waals surface area contributed by atoms with Gasteiger partial charge in [0, 0.05) is 16.5 Å². The predicted octanol–water partition coefficient (Wildman–Crippen LogP) is 4.62. The number of carbonyl (C=O) groups is 1. The highest BCUT2D eigenvalue weighted by Crippen LogP contribution is 2.24. The number of para-hydroxylation sites is 1. The van der Waals surface area contributed by atoms with Crippen molar-refractivity contribution >= 4 is 49.8 Å². The number of nitrogens with zero attached hydrogens (tertiary/aromatic N) is 1. The van der Waals surface area contributed by atoms with Crippen LogP contribution in [0.2, 0.25) is 0 Å². The van der Waals surface area contributed by atoms with Crippen molar-refractivity contribution in [1.82, 2.24) is 4.98 Å². The summed E-state index contributed by atoms with van der Waals surface area (Å²) in [4.78, 5) is 16.7. The summed E-state index contributed by atoms with van der Waals surface area (Å²) in [5.74, 6) is -0.122. The molecule has 0 radical (unpaired) electrons. The summed E-state index contributed by atoms with van der Waals surface area (Å²) in [5.41, 5.74) is 3.12. The van der Waals surface area contributed by atoms with E-state index in [1.807, 2.05) is 48.7 Å². The van der Waals surface area contributed by atoms with E-state index in [2.05, 4.69) is 26.2 Å². The van der Waals surface area contributed by atoms with E-state index in [0.29, 0.717) is 5.56 Å². The first-order chi connectivity index (χ1) is 9.63. The summed E-state index contributed by atoms with van der Waals surface area (Å²) >= 11 is 4.85. The van der Waals surface area contributed by atoms with Crippen LogP contribution in [0, 0.1) is 6.92 Å². The van der Waals surface area contributed by atoms with E-state index in [1.165, 1.54) is 11.3 Å². The molecule has 1 N–H and O–H groups in total. The summed E-state index contributed by atoms with van der Waals surface area (Å²) < 4.78 is 0.939. The minimum Gasteiger partial charge on any atom is -0.320 e. The van der Waals surface area contributed by atoms with Crippen LogP contribution in [0.4, 0.5) is 5.69 Å². The van der Waals surface area contributed by atoms with Gasteiger partial charge in [-0.05, 0) is 41.1 Å². The summed E-state index contributed by atoms with van der Waals surface area (Å²) in [6, 6.07) is 11.5. The van der Waals surface area contributed by atoms with Crippen molar-refractivity contribution in [2.24, 2.45) is 0 Å². The fraction of sp³-hybridized carbons (Fsp3) is 0.0667. The lowest BCUT2D eigenvalue weighted by Gasteiger charge is -2.07. The Morgan fingerprint density at radius 2 is 2.15 bits per heavy atom. The zero-order chi connectivity index (χ0) is 14.1. The van der Waals surface area contributed by atoms with Crippen LogP contribution in [0.5, 0.6) is 0 Å². The molecule has 0 aliphatic rings. The Morgan fingerprint density at radius 3 is 2.90 bits per heavy atom. The number of hydrogen-bond acceptors (Lipinski definition) is 3. The fourth-order valence-electron chi connectivity index (χ4n) is 1.97. The maximum atomic E-state index is 12.2. The Morgan fingerprint density at radius 1 is 1.30 bits per heavy atom. The molecule has 1 aromatic carbocycles. The van der Waals surface area contributed by atoms with Gasteiger partial charge in [-0.25, -0.2) is 0 Å². The first kappa shape index (κ1) is 13.3. The lowest BCUT2D eigenvalue weighted by molar-refractivity contribution is 0.102. The monoisotopic (exact) mass is 346 g/mol. The second-order valence-electron chi connectivity index (χ2n) is 4.42. The SMILES string of the molecule is Cc1ccc2cccc(NC(=O)c3csc(Br)c3)c2n1. The van der Waals surface area contributed by atoms with Gasteiger partial charge in [0.2, 0.25) is 0 Å². The molecule has 0 saturated carbocycles. The molecule has 0 unspecified atom stereocenters. The molecule has 0 aliphatic carbocycles. The van der Waals surface area contributed by atoms with E-state index >= 15 is 0 Å². The van der Waals surface area contributed by atoms with Gasteiger partial charge in [0.15, 0.2) is 0 Å². The lowest BCUT2D eigenvalue weighted by Crippen LogP contribution is -2.11. The van der Waals surface area contributed by atoms with Crippen LogP contribution in [0.25, 0.3) is 10.9 Å². The molecule has 0 atom stereocenters. The Kier molecular flexibility index (Phi) is 3.54. The minimum atomic E-state index is -0.122.